The van der Waals surface area contributed by atoms with Crippen LogP contribution in [0.1, 0.15) is 47.4 Å². The number of nitrogens with one attached hydrogen (secondary N) is 2. The van der Waals surface area contributed by atoms with Crippen molar-refractivity contribution in [2.75, 3.05) is 5.32 Å². The molecule has 4 heteroatoms. The number of anilines is 1. The summed E-state index contributed by atoms with van der Waals surface area (Å²) in [5.74, 6) is 0.950. The zero-order valence-corrected chi connectivity index (χ0v) is 11.2. The zero-order valence-electron chi connectivity index (χ0n) is 11.2. The molecule has 4 nitrogen and oxygen atoms in total. The van der Waals surface area contributed by atoms with Gasteiger partial charge in [0.25, 0.3) is 11.8 Å². The van der Waals surface area contributed by atoms with Crippen molar-refractivity contribution in [3.8, 4) is 0 Å². The molecule has 0 saturated heterocycles. The summed E-state index contributed by atoms with van der Waals surface area (Å²) in [5.41, 5.74) is 1.88. The second-order valence-electron chi connectivity index (χ2n) is 5.86. The van der Waals surface area contributed by atoms with Crippen LogP contribution in [0.4, 0.5) is 5.69 Å². The molecule has 2 N–H and O–H groups in total. The summed E-state index contributed by atoms with van der Waals surface area (Å²) in [6, 6.07) is 5.86. The Morgan fingerprint density at radius 1 is 1.16 bits per heavy atom. The number of carbonyl (C=O) groups is 2. The highest BCUT2D eigenvalue weighted by Crippen LogP contribution is 2.35. The fourth-order valence-electron chi connectivity index (χ4n) is 2.82. The van der Waals surface area contributed by atoms with E-state index in [0.29, 0.717) is 17.2 Å². The van der Waals surface area contributed by atoms with E-state index in [1.165, 1.54) is 12.8 Å². The summed E-state index contributed by atoms with van der Waals surface area (Å²) in [4.78, 5) is 23.0. The molecule has 0 aromatic heterocycles. The maximum Gasteiger partial charge on any atom is 0.259 e. The monoisotopic (exact) mass is 258 g/mol. The SMILES string of the molecule is CC(C)C1CC(Nc2ccc3c(c2)C(=O)NC3=O)C1. The first-order valence-corrected chi connectivity index (χ1v) is 6.81. The van der Waals surface area contributed by atoms with Gasteiger partial charge in [-0.1, -0.05) is 13.8 Å². The summed E-state index contributed by atoms with van der Waals surface area (Å²) in [5, 5.41) is 5.74. The zero-order chi connectivity index (χ0) is 13.6. The predicted molar refractivity (Wildman–Crippen MR) is 73.2 cm³/mol. The number of fused-ring (bicyclic) bond motifs is 1. The Morgan fingerprint density at radius 3 is 2.53 bits per heavy atom. The van der Waals surface area contributed by atoms with Crippen LogP contribution in [0.25, 0.3) is 0 Å². The van der Waals surface area contributed by atoms with E-state index < -0.39 is 0 Å². The Hall–Kier alpha value is -1.84. The first kappa shape index (κ1) is 12.2. The summed E-state index contributed by atoms with van der Waals surface area (Å²) in [6.45, 7) is 4.51. The van der Waals surface area contributed by atoms with E-state index >= 15 is 0 Å². The molecular formula is C15H18N2O2. The van der Waals surface area contributed by atoms with Gasteiger partial charge >= 0.3 is 0 Å². The van der Waals surface area contributed by atoms with Crippen LogP contribution >= 0.6 is 0 Å². The van der Waals surface area contributed by atoms with Gasteiger partial charge in [-0.15, -0.1) is 0 Å². The molecule has 2 aliphatic rings. The second-order valence-corrected chi connectivity index (χ2v) is 5.86. The lowest BCUT2D eigenvalue weighted by Crippen LogP contribution is -2.37. The van der Waals surface area contributed by atoms with E-state index in [0.717, 1.165) is 17.5 Å². The Labute approximate surface area is 112 Å². The second kappa shape index (κ2) is 4.37. The lowest BCUT2D eigenvalue weighted by Gasteiger charge is -2.39. The Kier molecular flexibility index (Phi) is 2.81. The average Bonchev–Trinajstić information content (AvgIpc) is 2.58. The maximum atomic E-state index is 11.6. The molecule has 1 aliphatic carbocycles. The molecule has 1 aliphatic heterocycles. The van der Waals surface area contributed by atoms with Gasteiger partial charge in [-0.05, 0) is 42.9 Å². The normalized spacial score (nSPS) is 25.0. The van der Waals surface area contributed by atoms with Crippen molar-refractivity contribution in [1.82, 2.24) is 5.32 Å². The van der Waals surface area contributed by atoms with E-state index in [4.69, 9.17) is 0 Å². The number of carbonyl (C=O) groups excluding carboxylic acids is 2. The highest BCUT2D eigenvalue weighted by Gasteiger charge is 2.32. The van der Waals surface area contributed by atoms with Crippen LogP contribution in [-0.2, 0) is 0 Å². The summed E-state index contributed by atoms with van der Waals surface area (Å²) < 4.78 is 0. The molecule has 0 atom stereocenters. The minimum atomic E-state index is -0.296. The molecule has 1 saturated carbocycles. The quantitative estimate of drug-likeness (QED) is 0.819. The highest BCUT2D eigenvalue weighted by molar-refractivity contribution is 6.21. The molecule has 3 rings (SSSR count). The number of hydrogen-bond donors (Lipinski definition) is 2. The Bertz CT molecular complexity index is 545. The van der Waals surface area contributed by atoms with Gasteiger partial charge in [-0.2, -0.15) is 0 Å². The van der Waals surface area contributed by atoms with Crippen molar-refractivity contribution < 1.29 is 9.59 Å². The van der Waals surface area contributed by atoms with Crippen LogP contribution in [-0.4, -0.2) is 17.9 Å². The van der Waals surface area contributed by atoms with Crippen molar-refractivity contribution in [3.05, 3.63) is 29.3 Å². The summed E-state index contributed by atoms with van der Waals surface area (Å²) in [6.07, 6.45) is 2.36. The topological polar surface area (TPSA) is 58.2 Å². The molecule has 100 valence electrons. The molecular weight excluding hydrogens is 240 g/mol. The molecule has 0 spiro atoms. The highest BCUT2D eigenvalue weighted by atomic mass is 16.2. The number of hydrogen-bond acceptors (Lipinski definition) is 3. The lowest BCUT2D eigenvalue weighted by molar-refractivity contribution is 0.0879. The van der Waals surface area contributed by atoms with E-state index in [2.05, 4.69) is 24.5 Å². The fourth-order valence-corrected chi connectivity index (χ4v) is 2.82. The first-order valence-electron chi connectivity index (χ1n) is 6.81. The molecule has 1 heterocycles. The van der Waals surface area contributed by atoms with E-state index in [9.17, 15) is 9.59 Å². The first-order chi connectivity index (χ1) is 9.04. The maximum absolute atomic E-state index is 11.6. The summed E-state index contributed by atoms with van der Waals surface area (Å²) in [7, 11) is 0. The van der Waals surface area contributed by atoms with Crippen molar-refractivity contribution in [2.45, 2.75) is 32.7 Å². The molecule has 0 unspecified atom stereocenters. The fraction of sp³-hybridized carbons (Fsp3) is 0.467. The van der Waals surface area contributed by atoms with Gasteiger partial charge in [0, 0.05) is 11.7 Å². The van der Waals surface area contributed by atoms with Gasteiger partial charge in [-0.3, -0.25) is 14.9 Å². The smallest absolute Gasteiger partial charge is 0.259 e. The Balaban J connectivity index is 1.69. The molecule has 2 amide bonds. The van der Waals surface area contributed by atoms with Crippen molar-refractivity contribution in [2.24, 2.45) is 11.8 Å². The van der Waals surface area contributed by atoms with E-state index in [1.54, 1.807) is 12.1 Å². The van der Waals surface area contributed by atoms with Gasteiger partial charge in [0.05, 0.1) is 11.1 Å². The predicted octanol–water partition coefficient (Wildman–Crippen LogP) is 2.42. The van der Waals surface area contributed by atoms with E-state index in [1.807, 2.05) is 6.07 Å². The number of benzene rings is 1. The van der Waals surface area contributed by atoms with Crippen LogP contribution in [0.5, 0.6) is 0 Å². The minimum absolute atomic E-state index is 0.294. The van der Waals surface area contributed by atoms with Crippen LogP contribution in [0.3, 0.4) is 0 Å². The van der Waals surface area contributed by atoms with Gasteiger partial charge in [-0.25, -0.2) is 0 Å². The van der Waals surface area contributed by atoms with Crippen LogP contribution < -0.4 is 10.6 Å². The van der Waals surface area contributed by atoms with Crippen LogP contribution in [0, 0.1) is 11.8 Å². The number of imide groups is 1. The molecule has 1 aromatic carbocycles. The largest absolute Gasteiger partial charge is 0.382 e. The van der Waals surface area contributed by atoms with Crippen molar-refractivity contribution in [3.63, 3.8) is 0 Å². The lowest BCUT2D eigenvalue weighted by atomic mass is 9.73. The minimum Gasteiger partial charge on any atom is -0.382 e. The standard InChI is InChI=1S/C15H18N2O2/c1-8(2)9-5-11(6-9)16-10-3-4-12-13(7-10)15(19)17-14(12)18/h3-4,7-9,11,16H,5-6H2,1-2H3,(H,17,18,19). The number of amides is 2. The van der Waals surface area contributed by atoms with Crippen LogP contribution in [0.2, 0.25) is 0 Å². The third-order valence-electron chi connectivity index (χ3n) is 4.22. The van der Waals surface area contributed by atoms with Crippen molar-refractivity contribution >= 4 is 17.5 Å². The van der Waals surface area contributed by atoms with Gasteiger partial charge in [0.15, 0.2) is 0 Å². The molecule has 1 aromatic rings. The number of rotatable bonds is 3. The average molecular weight is 258 g/mol. The van der Waals surface area contributed by atoms with Gasteiger partial charge < -0.3 is 5.32 Å². The Morgan fingerprint density at radius 2 is 1.84 bits per heavy atom. The molecule has 0 bridgehead atoms. The van der Waals surface area contributed by atoms with Crippen molar-refractivity contribution in [1.29, 1.82) is 0 Å². The third-order valence-corrected chi connectivity index (χ3v) is 4.22. The van der Waals surface area contributed by atoms with Gasteiger partial charge in [0.1, 0.15) is 0 Å². The third kappa shape index (κ3) is 2.11. The van der Waals surface area contributed by atoms with Crippen LogP contribution in [0.15, 0.2) is 18.2 Å². The molecule has 19 heavy (non-hydrogen) atoms. The van der Waals surface area contributed by atoms with E-state index in [-0.39, 0.29) is 11.8 Å². The summed E-state index contributed by atoms with van der Waals surface area (Å²) >= 11 is 0. The molecule has 1 fully saturated rings. The van der Waals surface area contributed by atoms with Gasteiger partial charge in [0.2, 0.25) is 0 Å². The molecule has 0 radical (unpaired) electrons.